The van der Waals surface area contributed by atoms with Crippen LogP contribution in [0.2, 0.25) is 0 Å². The van der Waals surface area contributed by atoms with Crippen molar-refractivity contribution in [3.8, 4) is 0 Å². The lowest BCUT2D eigenvalue weighted by molar-refractivity contribution is 0.124. The molecule has 1 N–H and O–H groups in total. The Morgan fingerprint density at radius 1 is 1.14 bits per heavy atom. The van der Waals surface area contributed by atoms with Crippen molar-refractivity contribution in [2.24, 2.45) is 0 Å². The molecule has 7 heteroatoms. The van der Waals surface area contributed by atoms with Gasteiger partial charge in [-0.3, -0.25) is 4.18 Å². The van der Waals surface area contributed by atoms with Crippen molar-refractivity contribution in [1.29, 1.82) is 0 Å². The Morgan fingerprint density at radius 2 is 1.67 bits per heavy atom. The minimum Gasteiger partial charge on any atom is -0.389 e. The Morgan fingerprint density at radius 3 is 2.14 bits per heavy atom. The first kappa shape index (κ1) is 18.8. The van der Waals surface area contributed by atoms with Gasteiger partial charge in [0.15, 0.2) is 0 Å². The van der Waals surface area contributed by atoms with Gasteiger partial charge in [0.25, 0.3) is 10.1 Å². The molecule has 4 nitrogen and oxygen atoms in total. The topological polar surface area (TPSA) is 63.6 Å². The van der Waals surface area contributed by atoms with Crippen molar-refractivity contribution in [1.82, 2.24) is 0 Å². The summed E-state index contributed by atoms with van der Waals surface area (Å²) in [4.78, 5) is 0.114. The molecule has 1 rings (SSSR count). The van der Waals surface area contributed by atoms with Crippen molar-refractivity contribution in [3.05, 3.63) is 29.8 Å². The molecule has 0 amide bonds. The summed E-state index contributed by atoms with van der Waals surface area (Å²) in [5.74, 6) is 1.72. The van der Waals surface area contributed by atoms with E-state index in [1.807, 2.05) is 20.8 Å². The molecule has 0 aliphatic carbocycles. The van der Waals surface area contributed by atoms with Crippen LogP contribution in [0.15, 0.2) is 29.2 Å². The third-order valence-corrected chi connectivity index (χ3v) is 6.74. The van der Waals surface area contributed by atoms with Gasteiger partial charge in [-0.05, 0) is 30.6 Å². The molecule has 0 aromatic heterocycles. The van der Waals surface area contributed by atoms with Gasteiger partial charge in [0.1, 0.15) is 0 Å². The van der Waals surface area contributed by atoms with Gasteiger partial charge < -0.3 is 5.11 Å². The standard InChI is InChI=1S/C14H22O4S3/c1-4-19-14(20-5-2)13(15)10-18-21(16,17)12-8-6-11(3)7-9-12/h6-9,13-15H,4-5,10H2,1-3H3/t13-/m1/s1. The van der Waals surface area contributed by atoms with Crippen LogP contribution in [0.1, 0.15) is 19.4 Å². The molecule has 120 valence electrons. The fourth-order valence-electron chi connectivity index (χ4n) is 1.61. The van der Waals surface area contributed by atoms with Crippen molar-refractivity contribution >= 4 is 33.6 Å². The lowest BCUT2D eigenvalue weighted by Crippen LogP contribution is -2.28. The summed E-state index contributed by atoms with van der Waals surface area (Å²) in [5, 5.41) is 10.1. The van der Waals surface area contributed by atoms with Crippen molar-refractivity contribution in [2.75, 3.05) is 18.1 Å². The predicted molar refractivity (Wildman–Crippen MR) is 90.4 cm³/mol. The molecular weight excluding hydrogens is 328 g/mol. The van der Waals surface area contributed by atoms with Gasteiger partial charge >= 0.3 is 0 Å². The third-order valence-electron chi connectivity index (χ3n) is 2.68. The molecule has 0 saturated heterocycles. The molecule has 0 aliphatic rings. The van der Waals surface area contributed by atoms with Gasteiger partial charge in [0, 0.05) is 0 Å². The van der Waals surface area contributed by atoms with E-state index in [0.717, 1.165) is 17.1 Å². The van der Waals surface area contributed by atoms with E-state index >= 15 is 0 Å². The molecule has 1 aromatic carbocycles. The maximum Gasteiger partial charge on any atom is 0.297 e. The van der Waals surface area contributed by atoms with Crippen LogP contribution >= 0.6 is 23.5 Å². The number of thioether (sulfide) groups is 2. The fraction of sp³-hybridized carbons (Fsp3) is 0.571. The SMILES string of the molecule is CCSC(SCC)[C@H](O)COS(=O)(=O)c1ccc(C)cc1. The van der Waals surface area contributed by atoms with Crippen molar-refractivity contribution in [2.45, 2.75) is 36.4 Å². The van der Waals surface area contributed by atoms with E-state index in [9.17, 15) is 13.5 Å². The molecular formula is C14H22O4S3. The van der Waals surface area contributed by atoms with Crippen LogP contribution < -0.4 is 0 Å². The van der Waals surface area contributed by atoms with Crippen LogP contribution in [-0.2, 0) is 14.3 Å². The maximum atomic E-state index is 12.0. The zero-order valence-electron chi connectivity index (χ0n) is 12.5. The first-order valence-corrected chi connectivity index (χ1v) is 10.3. The zero-order chi connectivity index (χ0) is 15.9. The Hall–Kier alpha value is -0.210. The molecule has 21 heavy (non-hydrogen) atoms. The number of rotatable bonds is 9. The summed E-state index contributed by atoms with van der Waals surface area (Å²) in [6.45, 7) is 5.67. The van der Waals surface area contributed by atoms with Gasteiger partial charge in [-0.2, -0.15) is 8.42 Å². The number of aryl methyl sites for hydroxylation is 1. The number of hydrogen-bond acceptors (Lipinski definition) is 6. The van der Waals surface area contributed by atoms with E-state index in [1.54, 1.807) is 35.7 Å². The summed E-state index contributed by atoms with van der Waals surface area (Å²) in [6.07, 6.45) is -0.819. The second-order valence-corrected chi connectivity index (χ2v) is 9.15. The summed E-state index contributed by atoms with van der Waals surface area (Å²) >= 11 is 3.19. The Balaban J connectivity index is 2.65. The minimum absolute atomic E-state index is 0.0757. The van der Waals surface area contributed by atoms with Gasteiger partial charge in [-0.25, -0.2) is 0 Å². The molecule has 1 atom stereocenters. The summed E-state index contributed by atoms with van der Waals surface area (Å²) in [6, 6.07) is 6.46. The quantitative estimate of drug-likeness (QED) is 0.546. The van der Waals surface area contributed by atoms with E-state index in [4.69, 9.17) is 4.18 Å². The highest BCUT2D eigenvalue weighted by Gasteiger charge is 2.23. The fourth-order valence-corrected chi connectivity index (χ4v) is 4.99. The molecule has 0 bridgehead atoms. The van der Waals surface area contributed by atoms with Crippen LogP contribution in [0, 0.1) is 6.92 Å². The van der Waals surface area contributed by atoms with Gasteiger partial charge in [-0.1, -0.05) is 31.5 Å². The largest absolute Gasteiger partial charge is 0.389 e. The number of aliphatic hydroxyl groups excluding tert-OH is 1. The molecule has 0 heterocycles. The number of hydrogen-bond donors (Lipinski definition) is 1. The van der Waals surface area contributed by atoms with Gasteiger partial charge in [-0.15, -0.1) is 23.5 Å². The van der Waals surface area contributed by atoms with Crippen molar-refractivity contribution in [3.63, 3.8) is 0 Å². The smallest absolute Gasteiger partial charge is 0.297 e. The Bertz CT molecular complexity index is 508. The third kappa shape index (κ3) is 6.20. The van der Waals surface area contributed by atoms with E-state index < -0.39 is 16.2 Å². The van der Waals surface area contributed by atoms with Crippen LogP contribution in [-0.4, -0.2) is 42.3 Å². The zero-order valence-corrected chi connectivity index (χ0v) is 14.9. The second kappa shape index (κ2) is 9.05. The number of benzene rings is 1. The highest BCUT2D eigenvalue weighted by atomic mass is 32.2. The normalized spacial score (nSPS) is 13.6. The lowest BCUT2D eigenvalue weighted by Gasteiger charge is -2.20. The van der Waals surface area contributed by atoms with E-state index in [1.165, 1.54) is 12.1 Å². The average Bonchev–Trinajstić information content (AvgIpc) is 2.45. The van der Waals surface area contributed by atoms with Gasteiger partial charge in [0.2, 0.25) is 0 Å². The first-order chi connectivity index (χ1) is 9.90. The summed E-state index contributed by atoms with van der Waals surface area (Å²) < 4.78 is 29.0. The van der Waals surface area contributed by atoms with Crippen LogP contribution in [0.3, 0.4) is 0 Å². The highest BCUT2D eigenvalue weighted by molar-refractivity contribution is 8.17. The van der Waals surface area contributed by atoms with E-state index in [2.05, 4.69) is 0 Å². The van der Waals surface area contributed by atoms with E-state index in [0.29, 0.717) is 0 Å². The summed E-state index contributed by atoms with van der Waals surface area (Å²) in [7, 11) is -3.81. The molecule has 0 fully saturated rings. The lowest BCUT2D eigenvalue weighted by atomic mass is 10.2. The number of aliphatic hydroxyl groups is 1. The first-order valence-electron chi connectivity index (χ1n) is 6.78. The monoisotopic (exact) mass is 350 g/mol. The molecule has 0 spiro atoms. The maximum absolute atomic E-state index is 12.0. The summed E-state index contributed by atoms with van der Waals surface area (Å²) in [5.41, 5.74) is 0.979. The minimum atomic E-state index is -3.81. The predicted octanol–water partition coefficient (Wildman–Crippen LogP) is 2.89. The molecule has 0 saturated carbocycles. The highest BCUT2D eigenvalue weighted by Crippen LogP contribution is 2.27. The van der Waals surface area contributed by atoms with E-state index in [-0.39, 0.29) is 16.1 Å². The van der Waals surface area contributed by atoms with Gasteiger partial charge in [0.05, 0.1) is 22.2 Å². The Labute approximate surface area is 135 Å². The molecule has 0 aliphatic heterocycles. The van der Waals surface area contributed by atoms with Crippen molar-refractivity contribution < 1.29 is 17.7 Å². The molecule has 0 unspecified atom stereocenters. The van der Waals surface area contributed by atoms with Crippen LogP contribution in [0.25, 0.3) is 0 Å². The van der Waals surface area contributed by atoms with Crippen LogP contribution in [0.4, 0.5) is 0 Å². The molecule has 0 radical (unpaired) electrons. The average molecular weight is 351 g/mol. The van der Waals surface area contributed by atoms with Crippen LogP contribution in [0.5, 0.6) is 0 Å². The Kier molecular flexibility index (Phi) is 8.12. The second-order valence-electron chi connectivity index (χ2n) is 4.40. The molecule has 1 aromatic rings.